The fourth-order valence-electron chi connectivity index (χ4n) is 0.768. The molecule has 0 heterocycles. The Morgan fingerprint density at radius 2 is 2.20 bits per heavy atom. The van der Waals surface area contributed by atoms with E-state index < -0.39 is 6.10 Å². The number of hydrogen-bond acceptors (Lipinski definition) is 2. The lowest BCUT2D eigenvalue weighted by Gasteiger charge is -2.17. The summed E-state index contributed by atoms with van der Waals surface area (Å²) in [4.78, 5) is 12.4. The summed E-state index contributed by atoms with van der Waals surface area (Å²) in [5.41, 5.74) is 0. The zero-order chi connectivity index (χ0) is 8.15. The number of carbonyl (C=O) groups excluding carboxylic acids is 1. The highest BCUT2D eigenvalue weighted by molar-refractivity contribution is 5.75. The third-order valence-electron chi connectivity index (χ3n) is 1.27. The first-order chi connectivity index (χ1) is 4.57. The normalized spacial score (nSPS) is 12.8. The quantitative estimate of drug-likeness (QED) is 0.617. The third kappa shape index (κ3) is 3.45. The largest absolute Gasteiger partial charge is 0.392 e. The average Bonchev–Trinajstić information content (AvgIpc) is 1.85. The molecule has 0 aliphatic carbocycles. The molecule has 1 N–H and O–H groups in total. The van der Waals surface area contributed by atoms with E-state index in [2.05, 4.69) is 0 Å². The number of aliphatic hydroxyl groups excluding tert-OH is 1. The molecule has 0 radical (unpaired) electrons. The maximum atomic E-state index is 10.9. The predicted octanol–water partition coefficient (Wildman–Crippen LogP) is 0.236. The van der Waals surface area contributed by atoms with Crippen molar-refractivity contribution >= 4 is 5.91 Å². The molecule has 3 heteroatoms. The highest BCUT2D eigenvalue weighted by atomic mass is 16.3. The van der Waals surface area contributed by atoms with Crippen LogP contribution in [0.3, 0.4) is 0 Å². The van der Waals surface area contributed by atoms with Crippen molar-refractivity contribution in [2.75, 3.05) is 13.6 Å². The second kappa shape index (κ2) is 4.28. The number of amides is 1. The molecule has 0 spiro atoms. The number of rotatable bonds is 3. The highest BCUT2D eigenvalue weighted by Crippen LogP contribution is 1.91. The van der Waals surface area contributed by atoms with Crippen LogP contribution in [0.1, 0.15) is 20.3 Å². The van der Waals surface area contributed by atoms with Crippen molar-refractivity contribution in [3.8, 4) is 0 Å². The van der Waals surface area contributed by atoms with Gasteiger partial charge >= 0.3 is 0 Å². The van der Waals surface area contributed by atoms with Crippen LogP contribution in [0.15, 0.2) is 0 Å². The SMILES string of the molecule is CCC(=O)N(C)C[C@H](C)O. The molecule has 60 valence electrons. The van der Waals surface area contributed by atoms with Crippen molar-refractivity contribution in [2.45, 2.75) is 26.4 Å². The van der Waals surface area contributed by atoms with E-state index in [9.17, 15) is 4.79 Å². The summed E-state index contributed by atoms with van der Waals surface area (Å²) in [6.45, 7) is 3.90. The van der Waals surface area contributed by atoms with E-state index in [1.807, 2.05) is 0 Å². The summed E-state index contributed by atoms with van der Waals surface area (Å²) in [6.07, 6.45) is 0.0731. The summed E-state index contributed by atoms with van der Waals surface area (Å²) in [5, 5.41) is 8.87. The fourth-order valence-corrected chi connectivity index (χ4v) is 0.768. The van der Waals surface area contributed by atoms with Crippen molar-refractivity contribution in [1.82, 2.24) is 4.90 Å². The number of aliphatic hydroxyl groups is 1. The molecule has 0 aliphatic heterocycles. The highest BCUT2D eigenvalue weighted by Gasteiger charge is 2.07. The molecular weight excluding hydrogens is 130 g/mol. The molecule has 0 aromatic carbocycles. The van der Waals surface area contributed by atoms with Crippen molar-refractivity contribution in [2.24, 2.45) is 0 Å². The fraction of sp³-hybridized carbons (Fsp3) is 0.857. The van der Waals surface area contributed by atoms with Gasteiger partial charge in [0.15, 0.2) is 0 Å². The van der Waals surface area contributed by atoms with Gasteiger partial charge in [0.1, 0.15) is 0 Å². The van der Waals surface area contributed by atoms with Crippen molar-refractivity contribution < 1.29 is 9.90 Å². The Labute approximate surface area is 61.6 Å². The standard InChI is InChI=1S/C7H15NO2/c1-4-7(10)8(3)5-6(2)9/h6,9H,4-5H2,1-3H3/t6-/m0/s1. The Morgan fingerprint density at radius 1 is 1.70 bits per heavy atom. The lowest BCUT2D eigenvalue weighted by molar-refractivity contribution is -0.130. The van der Waals surface area contributed by atoms with Gasteiger partial charge in [-0.2, -0.15) is 0 Å². The van der Waals surface area contributed by atoms with E-state index in [1.165, 1.54) is 4.90 Å². The van der Waals surface area contributed by atoms with Crippen molar-refractivity contribution in [1.29, 1.82) is 0 Å². The molecule has 0 aromatic rings. The molecule has 0 unspecified atom stereocenters. The van der Waals surface area contributed by atoms with E-state index in [4.69, 9.17) is 5.11 Å². The van der Waals surface area contributed by atoms with Crippen LogP contribution in [0.25, 0.3) is 0 Å². The van der Waals surface area contributed by atoms with Gasteiger partial charge in [0.25, 0.3) is 0 Å². The molecule has 0 fully saturated rings. The van der Waals surface area contributed by atoms with Crippen LogP contribution in [0.4, 0.5) is 0 Å². The van der Waals surface area contributed by atoms with Crippen LogP contribution < -0.4 is 0 Å². The van der Waals surface area contributed by atoms with Crippen LogP contribution in [0.5, 0.6) is 0 Å². The topological polar surface area (TPSA) is 40.5 Å². The van der Waals surface area contributed by atoms with Gasteiger partial charge < -0.3 is 10.0 Å². The summed E-state index contributed by atoms with van der Waals surface area (Å²) in [7, 11) is 1.69. The second-order valence-electron chi connectivity index (χ2n) is 2.48. The van der Waals surface area contributed by atoms with Crippen LogP contribution in [0, 0.1) is 0 Å². The average molecular weight is 145 g/mol. The van der Waals surface area contributed by atoms with E-state index >= 15 is 0 Å². The number of hydrogen-bond donors (Lipinski definition) is 1. The zero-order valence-electron chi connectivity index (χ0n) is 6.79. The van der Waals surface area contributed by atoms with Gasteiger partial charge in [-0.1, -0.05) is 6.92 Å². The number of nitrogens with zero attached hydrogens (tertiary/aromatic N) is 1. The van der Waals surface area contributed by atoms with Crippen molar-refractivity contribution in [3.05, 3.63) is 0 Å². The molecular formula is C7H15NO2. The van der Waals surface area contributed by atoms with E-state index in [-0.39, 0.29) is 5.91 Å². The van der Waals surface area contributed by atoms with Gasteiger partial charge in [-0.05, 0) is 6.92 Å². The first-order valence-electron chi connectivity index (χ1n) is 3.50. The summed E-state index contributed by atoms with van der Waals surface area (Å²) in [5.74, 6) is 0.0703. The molecule has 1 amide bonds. The summed E-state index contributed by atoms with van der Waals surface area (Å²) in [6, 6.07) is 0. The Kier molecular flexibility index (Phi) is 4.03. The molecule has 0 saturated carbocycles. The lowest BCUT2D eigenvalue weighted by atomic mass is 10.3. The Balaban J connectivity index is 3.61. The monoisotopic (exact) mass is 145 g/mol. The molecule has 0 aliphatic rings. The van der Waals surface area contributed by atoms with Gasteiger partial charge in [-0.3, -0.25) is 4.79 Å². The first-order valence-corrected chi connectivity index (χ1v) is 3.50. The zero-order valence-corrected chi connectivity index (χ0v) is 6.79. The van der Waals surface area contributed by atoms with Gasteiger partial charge in [-0.15, -0.1) is 0 Å². The molecule has 0 saturated heterocycles. The van der Waals surface area contributed by atoms with Crippen LogP contribution in [-0.4, -0.2) is 35.6 Å². The van der Waals surface area contributed by atoms with Gasteiger partial charge in [0, 0.05) is 20.0 Å². The molecule has 0 bridgehead atoms. The lowest BCUT2D eigenvalue weighted by Crippen LogP contribution is -2.32. The van der Waals surface area contributed by atoms with Crippen LogP contribution in [-0.2, 0) is 4.79 Å². The third-order valence-corrected chi connectivity index (χ3v) is 1.27. The number of likely N-dealkylation sites (N-methyl/N-ethyl adjacent to an activating group) is 1. The summed E-state index contributed by atoms with van der Waals surface area (Å²) < 4.78 is 0. The minimum atomic E-state index is -0.430. The van der Waals surface area contributed by atoms with E-state index in [0.717, 1.165) is 0 Å². The second-order valence-corrected chi connectivity index (χ2v) is 2.48. The van der Waals surface area contributed by atoms with Gasteiger partial charge in [0.05, 0.1) is 6.10 Å². The Morgan fingerprint density at radius 3 is 2.50 bits per heavy atom. The van der Waals surface area contributed by atoms with Gasteiger partial charge in [-0.25, -0.2) is 0 Å². The predicted molar refractivity (Wildman–Crippen MR) is 39.6 cm³/mol. The molecule has 3 nitrogen and oxygen atoms in total. The van der Waals surface area contributed by atoms with E-state index in [0.29, 0.717) is 13.0 Å². The minimum Gasteiger partial charge on any atom is -0.392 e. The molecule has 10 heavy (non-hydrogen) atoms. The molecule has 1 atom stereocenters. The molecule has 0 aromatic heterocycles. The smallest absolute Gasteiger partial charge is 0.222 e. The van der Waals surface area contributed by atoms with Crippen LogP contribution in [0.2, 0.25) is 0 Å². The summed E-state index contributed by atoms with van der Waals surface area (Å²) >= 11 is 0. The van der Waals surface area contributed by atoms with Crippen LogP contribution >= 0.6 is 0 Å². The molecule has 0 rings (SSSR count). The van der Waals surface area contributed by atoms with Crippen molar-refractivity contribution in [3.63, 3.8) is 0 Å². The van der Waals surface area contributed by atoms with E-state index in [1.54, 1.807) is 20.9 Å². The Hall–Kier alpha value is -0.570. The van der Waals surface area contributed by atoms with Gasteiger partial charge in [0.2, 0.25) is 5.91 Å². The Bertz CT molecular complexity index is 112. The maximum absolute atomic E-state index is 10.9. The minimum absolute atomic E-state index is 0.0703. The first kappa shape index (κ1) is 9.43. The number of carbonyl (C=O) groups is 1. The maximum Gasteiger partial charge on any atom is 0.222 e.